The molecule has 0 aliphatic rings. The number of nitrogens with two attached hydrogens (primary N) is 1. The van der Waals surface area contributed by atoms with E-state index in [-0.39, 0.29) is 5.54 Å². The van der Waals surface area contributed by atoms with Crippen LogP contribution in [0.1, 0.15) is 40.0 Å². The second-order valence-electron chi connectivity index (χ2n) is 4.85. The summed E-state index contributed by atoms with van der Waals surface area (Å²) >= 11 is 12.2. The summed E-state index contributed by atoms with van der Waals surface area (Å²) < 4.78 is 2.12. The number of nitrogen functional groups attached to an aromatic ring is 1. The van der Waals surface area contributed by atoms with Crippen molar-refractivity contribution in [2.45, 2.75) is 45.6 Å². The van der Waals surface area contributed by atoms with Gasteiger partial charge in [-0.1, -0.05) is 44.0 Å². The molecule has 0 saturated carbocycles. The molecule has 104 valence electrons. The molecule has 0 bridgehead atoms. The van der Waals surface area contributed by atoms with Crippen LogP contribution >= 0.6 is 23.2 Å². The quantitative estimate of drug-likeness (QED) is 0.877. The Hall–Kier alpha value is -0.930. The number of anilines is 1. The molecule has 19 heavy (non-hydrogen) atoms. The van der Waals surface area contributed by atoms with Crippen LogP contribution in [0, 0.1) is 0 Å². The molecule has 5 heteroatoms. The minimum Gasteiger partial charge on any atom is -0.369 e. The Labute approximate surface area is 123 Å². The van der Waals surface area contributed by atoms with Crippen LogP contribution in [-0.2, 0) is 5.54 Å². The lowest BCUT2D eigenvalue weighted by atomic mass is 9.89. The van der Waals surface area contributed by atoms with E-state index >= 15 is 0 Å². The highest BCUT2D eigenvalue weighted by Gasteiger charge is 2.30. The van der Waals surface area contributed by atoms with E-state index in [0.29, 0.717) is 16.0 Å². The third kappa shape index (κ3) is 2.19. The molecule has 0 fully saturated rings. The number of rotatable bonds is 4. The number of nitrogens with zero attached hydrogens (tertiary/aromatic N) is 2. The maximum atomic E-state index is 6.13. The molecule has 1 aromatic heterocycles. The number of halogens is 2. The number of fused-ring (bicyclic) bond motifs is 1. The fraction of sp³-hybridized carbons (Fsp3) is 0.500. The van der Waals surface area contributed by atoms with Gasteiger partial charge in [-0.3, -0.25) is 0 Å². The molecular formula is C14H19Cl2N3. The smallest absolute Gasteiger partial charge is 0.201 e. The first kappa shape index (κ1) is 14.5. The molecule has 1 heterocycles. The van der Waals surface area contributed by atoms with Crippen LogP contribution in [0.25, 0.3) is 11.0 Å². The largest absolute Gasteiger partial charge is 0.369 e. The average molecular weight is 300 g/mol. The van der Waals surface area contributed by atoms with Gasteiger partial charge in [-0.2, -0.15) is 0 Å². The molecule has 0 atom stereocenters. The van der Waals surface area contributed by atoms with E-state index in [1.54, 1.807) is 6.07 Å². The van der Waals surface area contributed by atoms with Crippen LogP contribution in [-0.4, -0.2) is 9.55 Å². The van der Waals surface area contributed by atoms with Crippen molar-refractivity contribution in [1.82, 2.24) is 9.55 Å². The van der Waals surface area contributed by atoms with Crippen molar-refractivity contribution in [3.63, 3.8) is 0 Å². The lowest BCUT2D eigenvalue weighted by Crippen LogP contribution is -2.32. The molecular weight excluding hydrogens is 281 g/mol. The number of imidazole rings is 1. The monoisotopic (exact) mass is 299 g/mol. The fourth-order valence-electron chi connectivity index (χ4n) is 2.81. The van der Waals surface area contributed by atoms with E-state index in [1.165, 1.54) is 0 Å². The molecule has 0 aliphatic heterocycles. The number of benzene rings is 1. The van der Waals surface area contributed by atoms with Gasteiger partial charge in [0.2, 0.25) is 5.95 Å². The highest BCUT2D eigenvalue weighted by Crippen LogP contribution is 2.37. The van der Waals surface area contributed by atoms with Crippen LogP contribution < -0.4 is 5.73 Å². The predicted molar refractivity (Wildman–Crippen MR) is 83.0 cm³/mol. The standard InChI is InChI=1S/C14H19Cl2N3/c1-4-14(5-2,6-3)19-12-8-10(16)9(15)7-11(12)18-13(19)17/h7-8H,4-6H2,1-3H3,(H2,17,18). The van der Waals surface area contributed by atoms with E-state index in [2.05, 4.69) is 30.3 Å². The fourth-order valence-corrected chi connectivity index (χ4v) is 3.13. The summed E-state index contributed by atoms with van der Waals surface area (Å²) in [6.45, 7) is 6.53. The van der Waals surface area contributed by atoms with Crippen LogP contribution in [0.3, 0.4) is 0 Å². The van der Waals surface area contributed by atoms with Crippen molar-refractivity contribution in [3.8, 4) is 0 Å². The third-order valence-electron chi connectivity index (χ3n) is 4.17. The number of hydrogen-bond acceptors (Lipinski definition) is 2. The highest BCUT2D eigenvalue weighted by atomic mass is 35.5. The summed E-state index contributed by atoms with van der Waals surface area (Å²) in [7, 11) is 0. The van der Waals surface area contributed by atoms with E-state index < -0.39 is 0 Å². The van der Waals surface area contributed by atoms with Gasteiger partial charge in [0.05, 0.1) is 21.1 Å². The summed E-state index contributed by atoms with van der Waals surface area (Å²) in [6.07, 6.45) is 2.99. The van der Waals surface area contributed by atoms with Crippen LogP contribution in [0.4, 0.5) is 5.95 Å². The number of aromatic nitrogens is 2. The molecule has 3 nitrogen and oxygen atoms in total. The maximum absolute atomic E-state index is 6.13. The lowest BCUT2D eigenvalue weighted by molar-refractivity contribution is 0.262. The summed E-state index contributed by atoms with van der Waals surface area (Å²) in [5, 5.41) is 1.04. The SMILES string of the molecule is CCC(CC)(CC)n1c(N)nc2cc(Cl)c(Cl)cc21. The first-order valence-corrected chi connectivity index (χ1v) is 7.38. The predicted octanol–water partition coefficient (Wildman–Crippen LogP) is 4.85. The van der Waals surface area contributed by atoms with Crippen molar-refractivity contribution < 1.29 is 0 Å². The molecule has 0 unspecified atom stereocenters. The van der Waals surface area contributed by atoms with Gasteiger partial charge in [0.25, 0.3) is 0 Å². The molecule has 0 radical (unpaired) electrons. The summed E-state index contributed by atoms with van der Waals surface area (Å²) in [6, 6.07) is 3.64. The van der Waals surface area contributed by atoms with E-state index in [1.807, 2.05) is 6.07 Å². The zero-order chi connectivity index (χ0) is 14.2. The Bertz CT molecular complexity index is 592. The maximum Gasteiger partial charge on any atom is 0.201 e. The molecule has 2 rings (SSSR count). The van der Waals surface area contributed by atoms with Crippen LogP contribution in [0.5, 0.6) is 0 Å². The van der Waals surface area contributed by atoms with Crippen molar-refractivity contribution in [2.24, 2.45) is 0 Å². The molecule has 2 aromatic rings. The van der Waals surface area contributed by atoms with Crippen molar-refractivity contribution in [1.29, 1.82) is 0 Å². The minimum absolute atomic E-state index is 0.0179. The Kier molecular flexibility index (Phi) is 3.98. The van der Waals surface area contributed by atoms with Crippen LogP contribution in [0.2, 0.25) is 10.0 Å². The van der Waals surface area contributed by atoms with Crippen molar-refractivity contribution >= 4 is 40.2 Å². The molecule has 0 aliphatic carbocycles. The van der Waals surface area contributed by atoms with Gasteiger partial charge in [-0.25, -0.2) is 4.98 Å². The Morgan fingerprint density at radius 2 is 1.63 bits per heavy atom. The molecule has 2 N–H and O–H groups in total. The Morgan fingerprint density at radius 3 is 2.16 bits per heavy atom. The first-order chi connectivity index (χ1) is 8.99. The summed E-state index contributed by atoms with van der Waals surface area (Å²) in [5.74, 6) is 0.527. The second kappa shape index (κ2) is 5.22. The van der Waals surface area contributed by atoms with Crippen molar-refractivity contribution in [2.75, 3.05) is 5.73 Å². The molecule has 1 aromatic carbocycles. The van der Waals surface area contributed by atoms with Gasteiger partial charge in [0.1, 0.15) is 0 Å². The van der Waals surface area contributed by atoms with Gasteiger partial charge in [0, 0.05) is 5.54 Å². The van der Waals surface area contributed by atoms with Crippen molar-refractivity contribution in [3.05, 3.63) is 22.2 Å². The topological polar surface area (TPSA) is 43.8 Å². The summed E-state index contributed by atoms with van der Waals surface area (Å²) in [4.78, 5) is 4.42. The van der Waals surface area contributed by atoms with E-state index in [4.69, 9.17) is 28.9 Å². The van der Waals surface area contributed by atoms with Crippen LogP contribution in [0.15, 0.2) is 12.1 Å². The van der Waals surface area contributed by atoms with Gasteiger partial charge >= 0.3 is 0 Å². The van der Waals surface area contributed by atoms with Gasteiger partial charge in [-0.15, -0.1) is 0 Å². The highest BCUT2D eigenvalue weighted by molar-refractivity contribution is 6.42. The van der Waals surface area contributed by atoms with Gasteiger partial charge in [0.15, 0.2) is 0 Å². The lowest BCUT2D eigenvalue weighted by Gasteiger charge is -2.33. The van der Waals surface area contributed by atoms with E-state index in [0.717, 1.165) is 30.3 Å². The number of hydrogen-bond donors (Lipinski definition) is 1. The average Bonchev–Trinajstić information content (AvgIpc) is 2.70. The summed E-state index contributed by atoms with van der Waals surface area (Å²) in [5.41, 5.74) is 7.87. The Balaban J connectivity index is 2.79. The zero-order valence-electron chi connectivity index (χ0n) is 11.5. The minimum atomic E-state index is -0.0179. The van der Waals surface area contributed by atoms with E-state index in [9.17, 15) is 0 Å². The zero-order valence-corrected chi connectivity index (χ0v) is 13.0. The third-order valence-corrected chi connectivity index (χ3v) is 4.89. The Morgan fingerprint density at radius 1 is 1.11 bits per heavy atom. The first-order valence-electron chi connectivity index (χ1n) is 6.62. The normalized spacial score (nSPS) is 12.3. The molecule has 0 amide bonds. The van der Waals surface area contributed by atoms with Gasteiger partial charge in [-0.05, 0) is 31.4 Å². The van der Waals surface area contributed by atoms with Gasteiger partial charge < -0.3 is 10.3 Å². The second-order valence-corrected chi connectivity index (χ2v) is 5.66. The molecule has 0 saturated heterocycles. The molecule has 0 spiro atoms.